The number of hydrogen-bond donors (Lipinski definition) is 0. The van der Waals surface area contributed by atoms with E-state index in [9.17, 15) is 9.59 Å². The summed E-state index contributed by atoms with van der Waals surface area (Å²) in [6.07, 6.45) is 1.72. The van der Waals surface area contributed by atoms with Crippen LogP contribution in [0, 0.1) is 0 Å². The molecule has 0 aliphatic carbocycles. The van der Waals surface area contributed by atoms with Crippen molar-refractivity contribution in [2.45, 2.75) is 31.9 Å². The van der Waals surface area contributed by atoms with E-state index in [4.69, 9.17) is 4.74 Å². The first kappa shape index (κ1) is 11.4. The average Bonchev–Trinajstić information content (AvgIpc) is 2.74. The Bertz CT molecular complexity index is 306. The van der Waals surface area contributed by atoms with Crippen LogP contribution in [0.5, 0.6) is 0 Å². The normalized spacial score (nSPS) is 27.2. The third kappa shape index (κ3) is 1.91. The number of fused-ring (bicyclic) bond motifs is 1. The molecule has 2 unspecified atom stereocenters. The van der Waals surface area contributed by atoms with Gasteiger partial charge in [0.15, 0.2) is 0 Å². The first-order valence-corrected chi connectivity index (χ1v) is 5.74. The first-order chi connectivity index (χ1) is 7.63. The molecule has 0 bridgehead atoms. The Morgan fingerprint density at radius 2 is 2.25 bits per heavy atom. The summed E-state index contributed by atoms with van der Waals surface area (Å²) < 4.78 is 5.13. The largest absolute Gasteiger partial charge is 0.380 e. The standard InChI is InChI=1S/C11H18N2O3/c1-8(16-2)6-12-7-10(14)13-5-3-4-9(13)11(12)15/h8-9H,3-7H2,1-2H3. The highest BCUT2D eigenvalue weighted by molar-refractivity contribution is 5.95. The van der Waals surface area contributed by atoms with E-state index in [-0.39, 0.29) is 30.5 Å². The Hall–Kier alpha value is -1.10. The molecule has 2 amide bonds. The van der Waals surface area contributed by atoms with Crippen LogP contribution in [0.15, 0.2) is 0 Å². The number of carbonyl (C=O) groups excluding carboxylic acids is 2. The molecular weight excluding hydrogens is 208 g/mol. The third-order valence-corrected chi connectivity index (χ3v) is 3.38. The van der Waals surface area contributed by atoms with Crippen LogP contribution in [-0.4, -0.2) is 60.5 Å². The van der Waals surface area contributed by atoms with Gasteiger partial charge in [-0.15, -0.1) is 0 Å². The maximum absolute atomic E-state index is 12.1. The van der Waals surface area contributed by atoms with E-state index in [2.05, 4.69) is 0 Å². The van der Waals surface area contributed by atoms with Crippen LogP contribution in [0.1, 0.15) is 19.8 Å². The summed E-state index contributed by atoms with van der Waals surface area (Å²) in [6, 6.07) is -0.203. The van der Waals surface area contributed by atoms with Gasteiger partial charge in [0, 0.05) is 20.2 Å². The minimum Gasteiger partial charge on any atom is -0.380 e. The van der Waals surface area contributed by atoms with Gasteiger partial charge in [-0.1, -0.05) is 0 Å². The molecule has 16 heavy (non-hydrogen) atoms. The molecule has 2 saturated heterocycles. The topological polar surface area (TPSA) is 49.9 Å². The molecular formula is C11H18N2O3. The Morgan fingerprint density at radius 3 is 2.94 bits per heavy atom. The number of carbonyl (C=O) groups is 2. The van der Waals surface area contributed by atoms with Gasteiger partial charge in [-0.25, -0.2) is 0 Å². The summed E-state index contributed by atoms with van der Waals surface area (Å²) in [7, 11) is 1.61. The Morgan fingerprint density at radius 1 is 1.50 bits per heavy atom. The van der Waals surface area contributed by atoms with E-state index < -0.39 is 0 Å². The van der Waals surface area contributed by atoms with Gasteiger partial charge in [-0.2, -0.15) is 0 Å². The van der Waals surface area contributed by atoms with Gasteiger partial charge in [0.25, 0.3) is 0 Å². The lowest BCUT2D eigenvalue weighted by Crippen LogP contribution is -2.58. The SMILES string of the molecule is COC(C)CN1CC(=O)N2CCCC2C1=O. The summed E-state index contributed by atoms with van der Waals surface area (Å²) in [5.74, 6) is 0.159. The maximum Gasteiger partial charge on any atom is 0.245 e. The number of amides is 2. The Labute approximate surface area is 95.3 Å². The number of methoxy groups -OCH3 is 1. The summed E-state index contributed by atoms with van der Waals surface area (Å²) in [5.41, 5.74) is 0. The molecule has 0 aromatic carbocycles. The molecule has 2 fully saturated rings. The quantitative estimate of drug-likeness (QED) is 0.672. The summed E-state index contributed by atoms with van der Waals surface area (Å²) in [5, 5.41) is 0. The van der Waals surface area contributed by atoms with Gasteiger partial charge < -0.3 is 14.5 Å². The minimum atomic E-state index is -0.203. The molecule has 2 aliphatic rings. The maximum atomic E-state index is 12.1. The molecule has 0 radical (unpaired) electrons. The molecule has 0 spiro atoms. The Kier molecular flexibility index (Phi) is 3.14. The smallest absolute Gasteiger partial charge is 0.245 e. The van der Waals surface area contributed by atoms with Gasteiger partial charge in [0.1, 0.15) is 6.04 Å². The van der Waals surface area contributed by atoms with Crippen LogP contribution in [0.4, 0.5) is 0 Å². The second kappa shape index (κ2) is 4.41. The van der Waals surface area contributed by atoms with E-state index in [0.717, 1.165) is 19.4 Å². The monoisotopic (exact) mass is 226 g/mol. The fourth-order valence-electron chi connectivity index (χ4n) is 2.40. The summed E-state index contributed by atoms with van der Waals surface area (Å²) >= 11 is 0. The van der Waals surface area contributed by atoms with Crippen LogP contribution in [0.25, 0.3) is 0 Å². The van der Waals surface area contributed by atoms with Crippen molar-refractivity contribution in [1.82, 2.24) is 9.80 Å². The van der Waals surface area contributed by atoms with Crippen molar-refractivity contribution >= 4 is 11.8 Å². The van der Waals surface area contributed by atoms with Crippen LogP contribution in [0.2, 0.25) is 0 Å². The van der Waals surface area contributed by atoms with Crippen LogP contribution >= 0.6 is 0 Å². The molecule has 90 valence electrons. The highest BCUT2D eigenvalue weighted by Gasteiger charge is 2.41. The lowest BCUT2D eigenvalue weighted by molar-refractivity contribution is -0.154. The highest BCUT2D eigenvalue weighted by Crippen LogP contribution is 2.23. The predicted molar refractivity (Wildman–Crippen MR) is 57.8 cm³/mol. The summed E-state index contributed by atoms with van der Waals surface area (Å²) in [6.45, 7) is 3.36. The number of nitrogens with zero attached hydrogens (tertiary/aromatic N) is 2. The molecule has 2 atom stereocenters. The summed E-state index contributed by atoms with van der Waals surface area (Å²) in [4.78, 5) is 27.2. The van der Waals surface area contributed by atoms with Gasteiger partial charge in [-0.3, -0.25) is 9.59 Å². The average molecular weight is 226 g/mol. The molecule has 2 rings (SSSR count). The second-order valence-electron chi connectivity index (χ2n) is 4.51. The number of piperazine rings is 1. The zero-order valence-corrected chi connectivity index (χ0v) is 9.81. The molecule has 0 aromatic heterocycles. The van der Waals surface area contributed by atoms with Crippen molar-refractivity contribution < 1.29 is 14.3 Å². The molecule has 2 heterocycles. The fourth-order valence-corrected chi connectivity index (χ4v) is 2.40. The van der Waals surface area contributed by atoms with Gasteiger partial charge in [0.2, 0.25) is 11.8 Å². The lowest BCUT2D eigenvalue weighted by atomic mass is 10.1. The van der Waals surface area contributed by atoms with Crippen molar-refractivity contribution in [2.75, 3.05) is 26.7 Å². The van der Waals surface area contributed by atoms with E-state index >= 15 is 0 Å². The zero-order valence-electron chi connectivity index (χ0n) is 9.81. The van der Waals surface area contributed by atoms with E-state index in [1.807, 2.05) is 6.92 Å². The van der Waals surface area contributed by atoms with Crippen molar-refractivity contribution in [3.63, 3.8) is 0 Å². The van der Waals surface area contributed by atoms with E-state index in [1.165, 1.54) is 0 Å². The van der Waals surface area contributed by atoms with Crippen LogP contribution in [-0.2, 0) is 14.3 Å². The Balaban J connectivity index is 2.05. The lowest BCUT2D eigenvalue weighted by Gasteiger charge is -2.37. The predicted octanol–water partition coefficient (Wildman–Crippen LogP) is -0.146. The van der Waals surface area contributed by atoms with Crippen LogP contribution in [0.3, 0.4) is 0 Å². The number of hydrogen-bond acceptors (Lipinski definition) is 3. The van der Waals surface area contributed by atoms with Crippen LogP contribution < -0.4 is 0 Å². The molecule has 0 N–H and O–H groups in total. The zero-order chi connectivity index (χ0) is 11.7. The van der Waals surface area contributed by atoms with E-state index in [0.29, 0.717) is 6.54 Å². The molecule has 5 heteroatoms. The second-order valence-corrected chi connectivity index (χ2v) is 4.51. The van der Waals surface area contributed by atoms with Gasteiger partial charge >= 0.3 is 0 Å². The first-order valence-electron chi connectivity index (χ1n) is 5.74. The van der Waals surface area contributed by atoms with E-state index in [1.54, 1.807) is 16.9 Å². The van der Waals surface area contributed by atoms with Gasteiger partial charge in [-0.05, 0) is 19.8 Å². The molecule has 0 saturated carbocycles. The minimum absolute atomic E-state index is 0.0234. The number of ether oxygens (including phenoxy) is 1. The molecule has 5 nitrogen and oxygen atoms in total. The highest BCUT2D eigenvalue weighted by atomic mass is 16.5. The van der Waals surface area contributed by atoms with Crippen molar-refractivity contribution in [3.05, 3.63) is 0 Å². The molecule has 2 aliphatic heterocycles. The molecule has 0 aromatic rings. The third-order valence-electron chi connectivity index (χ3n) is 3.38. The van der Waals surface area contributed by atoms with Crippen molar-refractivity contribution in [1.29, 1.82) is 0 Å². The number of rotatable bonds is 3. The van der Waals surface area contributed by atoms with Crippen molar-refractivity contribution in [3.8, 4) is 0 Å². The van der Waals surface area contributed by atoms with Gasteiger partial charge in [0.05, 0.1) is 12.6 Å². The van der Waals surface area contributed by atoms with Crippen molar-refractivity contribution in [2.24, 2.45) is 0 Å². The fraction of sp³-hybridized carbons (Fsp3) is 0.818.